The van der Waals surface area contributed by atoms with E-state index in [1.165, 1.54) is 43.9 Å². The van der Waals surface area contributed by atoms with E-state index in [0.717, 1.165) is 37.2 Å². The Morgan fingerprint density at radius 2 is 1.90 bits per heavy atom. The summed E-state index contributed by atoms with van der Waals surface area (Å²) in [6.07, 6.45) is 6.97. The van der Waals surface area contributed by atoms with Crippen LogP contribution in [0.15, 0.2) is 36.4 Å². The molecule has 1 atom stereocenters. The number of hydrogen-bond acceptors (Lipinski definition) is 3. The third-order valence-electron chi connectivity index (χ3n) is 6.65. The number of nitrogens with one attached hydrogen (secondary N) is 1. The molecule has 31 heavy (non-hydrogen) atoms. The maximum absolute atomic E-state index is 13.4. The number of hydrogen-bond donors (Lipinski definition) is 1. The number of nitrogens with zero attached hydrogens (tertiary/aromatic N) is 2. The van der Waals surface area contributed by atoms with Crippen LogP contribution in [0.2, 0.25) is 0 Å². The fraction of sp³-hybridized carbons (Fsp3) is 0.462. The van der Waals surface area contributed by atoms with Crippen LogP contribution in [0.25, 0.3) is 0 Å². The van der Waals surface area contributed by atoms with Crippen molar-refractivity contribution in [1.82, 2.24) is 0 Å². The van der Waals surface area contributed by atoms with Gasteiger partial charge in [-0.2, -0.15) is 0 Å². The van der Waals surface area contributed by atoms with Crippen LogP contribution in [0.4, 0.5) is 17.1 Å². The number of piperidine rings is 1. The summed E-state index contributed by atoms with van der Waals surface area (Å²) < 4.78 is 0. The van der Waals surface area contributed by atoms with Gasteiger partial charge in [-0.25, -0.2) is 0 Å². The van der Waals surface area contributed by atoms with Gasteiger partial charge in [0.05, 0.1) is 0 Å². The molecule has 0 aliphatic carbocycles. The van der Waals surface area contributed by atoms with E-state index in [9.17, 15) is 9.59 Å². The molecule has 0 unspecified atom stereocenters. The zero-order valence-corrected chi connectivity index (χ0v) is 18.9. The van der Waals surface area contributed by atoms with Crippen molar-refractivity contribution < 1.29 is 9.59 Å². The minimum atomic E-state index is -0.133. The van der Waals surface area contributed by atoms with Gasteiger partial charge in [0.15, 0.2) is 0 Å². The Kier molecular flexibility index (Phi) is 6.30. The van der Waals surface area contributed by atoms with E-state index < -0.39 is 0 Å². The monoisotopic (exact) mass is 419 g/mol. The van der Waals surface area contributed by atoms with Gasteiger partial charge < -0.3 is 15.1 Å². The lowest BCUT2D eigenvalue weighted by Gasteiger charge is -2.38. The van der Waals surface area contributed by atoms with E-state index in [4.69, 9.17) is 0 Å². The van der Waals surface area contributed by atoms with Crippen molar-refractivity contribution >= 4 is 28.9 Å². The average molecular weight is 420 g/mol. The molecule has 2 aromatic rings. The third-order valence-corrected chi connectivity index (χ3v) is 6.65. The fourth-order valence-corrected chi connectivity index (χ4v) is 4.97. The largest absolute Gasteiger partial charge is 0.369 e. The molecule has 1 N–H and O–H groups in total. The first kappa shape index (κ1) is 21.4. The molecule has 5 nitrogen and oxygen atoms in total. The Hall–Kier alpha value is -2.82. The first-order valence-electron chi connectivity index (χ1n) is 11.6. The molecule has 2 aliphatic rings. The van der Waals surface area contributed by atoms with Crippen molar-refractivity contribution in [3.8, 4) is 0 Å². The zero-order valence-electron chi connectivity index (χ0n) is 18.9. The molecule has 2 amide bonds. The molecule has 1 fully saturated rings. The second-order valence-electron chi connectivity index (χ2n) is 8.84. The molecule has 0 aromatic heterocycles. The van der Waals surface area contributed by atoms with Crippen LogP contribution in [-0.2, 0) is 11.2 Å². The van der Waals surface area contributed by atoms with Gasteiger partial charge in [0.25, 0.3) is 5.91 Å². The summed E-state index contributed by atoms with van der Waals surface area (Å²) in [4.78, 5) is 29.4. The molecule has 1 saturated heterocycles. The highest BCUT2D eigenvalue weighted by Crippen LogP contribution is 2.35. The van der Waals surface area contributed by atoms with Gasteiger partial charge in [-0.1, -0.05) is 13.0 Å². The Balaban J connectivity index is 1.61. The van der Waals surface area contributed by atoms with Crippen molar-refractivity contribution in [3.63, 3.8) is 0 Å². The third kappa shape index (κ3) is 4.46. The molecule has 0 saturated carbocycles. The average Bonchev–Trinajstić information content (AvgIpc) is 2.79. The smallest absolute Gasteiger partial charge is 0.258 e. The number of fused-ring (bicyclic) bond motifs is 1. The Labute approximate surface area is 185 Å². The summed E-state index contributed by atoms with van der Waals surface area (Å²) in [5, 5.41) is 2.83. The maximum atomic E-state index is 13.4. The van der Waals surface area contributed by atoms with Crippen LogP contribution in [0.5, 0.6) is 0 Å². The molecule has 5 heteroatoms. The minimum Gasteiger partial charge on any atom is -0.369 e. The first-order valence-corrected chi connectivity index (χ1v) is 11.6. The molecular weight excluding hydrogens is 386 g/mol. The molecule has 0 radical (unpaired) electrons. The van der Waals surface area contributed by atoms with Crippen LogP contribution >= 0.6 is 0 Å². The van der Waals surface area contributed by atoms with Crippen molar-refractivity contribution in [1.29, 1.82) is 0 Å². The molecule has 2 aromatic carbocycles. The van der Waals surface area contributed by atoms with Gasteiger partial charge in [0.2, 0.25) is 5.91 Å². The first-order chi connectivity index (χ1) is 15.0. The summed E-state index contributed by atoms with van der Waals surface area (Å²) in [5.41, 5.74) is 5.82. The number of carbonyl (C=O) groups excluding carboxylic acids is 2. The molecule has 0 bridgehead atoms. The van der Waals surface area contributed by atoms with E-state index in [2.05, 4.69) is 35.3 Å². The standard InChI is InChI=1S/C26H33N3O2/c1-4-22-9-5-6-14-28(22)23-12-13-25-20(16-23)8-7-15-29(25)26(31)21-11-10-18(2)24(17-21)27-19(3)30/h10-13,16-17,22H,4-9,14-15H2,1-3H3,(H,27,30)/t22-/m1/s1. The van der Waals surface area contributed by atoms with Crippen LogP contribution < -0.4 is 15.1 Å². The minimum absolute atomic E-state index is 0.00953. The van der Waals surface area contributed by atoms with Gasteiger partial charge in [-0.3, -0.25) is 9.59 Å². The highest BCUT2D eigenvalue weighted by atomic mass is 16.2. The molecule has 2 aliphatic heterocycles. The molecule has 164 valence electrons. The Bertz CT molecular complexity index is 985. The predicted molar refractivity (Wildman–Crippen MR) is 127 cm³/mol. The number of aryl methyl sites for hydroxylation is 2. The number of benzene rings is 2. The molecule has 2 heterocycles. The van der Waals surface area contributed by atoms with Gasteiger partial charge in [-0.15, -0.1) is 0 Å². The second kappa shape index (κ2) is 9.13. The van der Waals surface area contributed by atoms with Crippen molar-refractivity contribution in [2.45, 2.75) is 65.3 Å². The lowest BCUT2D eigenvalue weighted by molar-refractivity contribution is -0.114. The SMILES string of the molecule is CC[C@@H]1CCCCN1c1ccc2c(c1)CCCN2C(=O)c1ccc(C)c(NC(C)=O)c1. The van der Waals surface area contributed by atoms with E-state index in [0.29, 0.717) is 17.3 Å². The van der Waals surface area contributed by atoms with Crippen LogP contribution in [0.1, 0.15) is 67.4 Å². The normalized spacial score (nSPS) is 18.5. The molecule has 4 rings (SSSR count). The van der Waals surface area contributed by atoms with Crippen molar-refractivity contribution in [3.05, 3.63) is 53.1 Å². The molecular formula is C26H33N3O2. The second-order valence-corrected chi connectivity index (χ2v) is 8.84. The van der Waals surface area contributed by atoms with Gasteiger partial charge >= 0.3 is 0 Å². The Morgan fingerprint density at radius 1 is 1.06 bits per heavy atom. The number of anilines is 3. The van der Waals surface area contributed by atoms with Crippen molar-refractivity contribution in [2.24, 2.45) is 0 Å². The highest BCUT2D eigenvalue weighted by Gasteiger charge is 2.26. The lowest BCUT2D eigenvalue weighted by Crippen LogP contribution is -2.39. The van der Waals surface area contributed by atoms with Crippen LogP contribution in [-0.4, -0.2) is 30.9 Å². The van der Waals surface area contributed by atoms with Crippen LogP contribution in [0.3, 0.4) is 0 Å². The maximum Gasteiger partial charge on any atom is 0.258 e. The van der Waals surface area contributed by atoms with Gasteiger partial charge in [0, 0.05) is 48.7 Å². The summed E-state index contributed by atoms with van der Waals surface area (Å²) in [6, 6.07) is 12.8. The van der Waals surface area contributed by atoms with Gasteiger partial charge in [-0.05, 0) is 86.9 Å². The van der Waals surface area contributed by atoms with E-state index in [1.807, 2.05) is 24.0 Å². The lowest BCUT2D eigenvalue weighted by atomic mass is 9.96. The zero-order chi connectivity index (χ0) is 22.0. The van der Waals surface area contributed by atoms with E-state index >= 15 is 0 Å². The summed E-state index contributed by atoms with van der Waals surface area (Å²) in [6.45, 7) is 7.53. The fourth-order valence-electron chi connectivity index (χ4n) is 4.97. The number of amides is 2. The highest BCUT2D eigenvalue weighted by molar-refractivity contribution is 6.08. The number of rotatable bonds is 4. The number of carbonyl (C=O) groups is 2. The summed E-state index contributed by atoms with van der Waals surface area (Å²) in [5.74, 6) is -0.142. The van der Waals surface area contributed by atoms with E-state index in [1.54, 1.807) is 6.07 Å². The topological polar surface area (TPSA) is 52.6 Å². The quantitative estimate of drug-likeness (QED) is 0.730. The predicted octanol–water partition coefficient (Wildman–Crippen LogP) is 5.32. The summed E-state index contributed by atoms with van der Waals surface area (Å²) >= 11 is 0. The molecule has 0 spiro atoms. The summed E-state index contributed by atoms with van der Waals surface area (Å²) in [7, 11) is 0. The van der Waals surface area contributed by atoms with Crippen molar-refractivity contribution in [2.75, 3.05) is 28.2 Å². The van der Waals surface area contributed by atoms with Crippen LogP contribution in [0, 0.1) is 6.92 Å². The Morgan fingerprint density at radius 3 is 2.68 bits per heavy atom. The van der Waals surface area contributed by atoms with E-state index in [-0.39, 0.29) is 11.8 Å². The van der Waals surface area contributed by atoms with Gasteiger partial charge in [0.1, 0.15) is 0 Å².